The van der Waals surface area contributed by atoms with Gasteiger partial charge >= 0.3 is 0 Å². The molecular formula is C32H36FN5O5. The van der Waals surface area contributed by atoms with Crippen LogP contribution in [0.15, 0.2) is 54.6 Å². The van der Waals surface area contributed by atoms with E-state index in [0.717, 1.165) is 37.7 Å². The van der Waals surface area contributed by atoms with Crippen LogP contribution in [0.5, 0.6) is 0 Å². The van der Waals surface area contributed by atoms with E-state index in [9.17, 15) is 28.4 Å². The van der Waals surface area contributed by atoms with Crippen LogP contribution >= 0.6 is 0 Å². The summed E-state index contributed by atoms with van der Waals surface area (Å²) in [5.74, 6) is -4.08. The second-order valence-corrected chi connectivity index (χ2v) is 11.4. The molecule has 1 aliphatic carbocycles. The molecule has 10 nitrogen and oxygen atoms in total. The maximum Gasteiger partial charge on any atom is 0.289 e. The number of rotatable bonds is 11. The van der Waals surface area contributed by atoms with Gasteiger partial charge in [0.2, 0.25) is 17.6 Å². The standard InChI is InChI=1S/C32H36FN5O5/c33-22-11-12-24-21(16-22)18-27(36-24)31(42)38-26(15-19-7-3-1-4-8-19)30(41)37-25(17-20-13-14-34-29(20)40)28(39)32(43)35-23-9-5-2-6-10-23/h1,3-4,7-8,11-12,16,18,20,23,25-26,36H,2,5-6,9-10,13-15,17H2,(H,34,40)(H,35,43)(H,37,41)(H,38,42)/t20-,25-,26-/m0/s1. The third-order valence-electron chi connectivity index (χ3n) is 8.21. The highest BCUT2D eigenvalue weighted by Gasteiger charge is 2.36. The number of aromatic amines is 1. The first kappa shape index (κ1) is 29.9. The molecule has 5 N–H and O–H groups in total. The first-order valence-corrected chi connectivity index (χ1v) is 14.8. The molecule has 1 aromatic heterocycles. The van der Waals surface area contributed by atoms with E-state index in [0.29, 0.717) is 23.9 Å². The first-order valence-electron chi connectivity index (χ1n) is 14.8. The molecule has 1 saturated carbocycles. The highest BCUT2D eigenvalue weighted by molar-refractivity contribution is 6.38. The molecule has 2 aromatic carbocycles. The monoisotopic (exact) mass is 589 g/mol. The summed E-state index contributed by atoms with van der Waals surface area (Å²) in [6.45, 7) is 0.452. The number of amides is 4. The minimum atomic E-state index is -1.25. The van der Waals surface area contributed by atoms with Crippen LogP contribution < -0.4 is 21.3 Å². The quantitative estimate of drug-likeness (QED) is 0.218. The summed E-state index contributed by atoms with van der Waals surface area (Å²) >= 11 is 0. The highest BCUT2D eigenvalue weighted by atomic mass is 19.1. The largest absolute Gasteiger partial charge is 0.356 e. The number of hydrogen-bond acceptors (Lipinski definition) is 5. The highest BCUT2D eigenvalue weighted by Crippen LogP contribution is 2.20. The number of ketones is 1. The summed E-state index contributed by atoms with van der Waals surface area (Å²) in [7, 11) is 0. The van der Waals surface area contributed by atoms with Crippen LogP contribution in [0.1, 0.15) is 61.0 Å². The summed E-state index contributed by atoms with van der Waals surface area (Å²) < 4.78 is 13.7. The van der Waals surface area contributed by atoms with E-state index in [1.54, 1.807) is 24.3 Å². The van der Waals surface area contributed by atoms with E-state index in [2.05, 4.69) is 26.3 Å². The Hall–Kier alpha value is -4.54. The smallest absolute Gasteiger partial charge is 0.289 e. The molecule has 1 saturated heterocycles. The second-order valence-electron chi connectivity index (χ2n) is 11.4. The van der Waals surface area contributed by atoms with Crippen molar-refractivity contribution >= 4 is 40.3 Å². The van der Waals surface area contributed by atoms with Crippen molar-refractivity contribution in [1.82, 2.24) is 26.3 Å². The third-order valence-corrected chi connectivity index (χ3v) is 8.21. The molecule has 0 spiro atoms. The summed E-state index contributed by atoms with van der Waals surface area (Å²) in [6, 6.07) is 12.2. The molecule has 11 heteroatoms. The SMILES string of the molecule is O=C(NC1CCCCC1)C(=O)[C@H](C[C@@H]1CCNC1=O)NC(=O)[C@H](Cc1ccccc1)NC(=O)c1cc2cc(F)ccc2[nH]1. The number of carbonyl (C=O) groups excluding carboxylic acids is 5. The van der Waals surface area contributed by atoms with Crippen molar-refractivity contribution in [3.05, 3.63) is 71.7 Å². The van der Waals surface area contributed by atoms with E-state index in [1.165, 1.54) is 24.3 Å². The Morgan fingerprint density at radius 3 is 2.40 bits per heavy atom. The molecule has 3 atom stereocenters. The molecule has 0 unspecified atom stereocenters. The number of hydrogen-bond donors (Lipinski definition) is 5. The Morgan fingerprint density at radius 2 is 1.67 bits per heavy atom. The van der Waals surface area contributed by atoms with Gasteiger partial charge in [0.15, 0.2) is 0 Å². The number of nitrogens with one attached hydrogen (secondary N) is 5. The zero-order chi connectivity index (χ0) is 30.3. The summed E-state index contributed by atoms with van der Waals surface area (Å²) in [4.78, 5) is 68.7. The van der Waals surface area contributed by atoms with E-state index in [1.807, 2.05) is 6.07 Å². The minimum absolute atomic E-state index is 0.0337. The lowest BCUT2D eigenvalue weighted by Gasteiger charge is -2.26. The van der Waals surface area contributed by atoms with E-state index in [4.69, 9.17) is 0 Å². The van der Waals surface area contributed by atoms with Crippen LogP contribution in [0.3, 0.4) is 0 Å². The van der Waals surface area contributed by atoms with E-state index in [-0.39, 0.29) is 30.5 Å². The molecule has 0 bridgehead atoms. The van der Waals surface area contributed by atoms with Crippen LogP contribution in [0.2, 0.25) is 0 Å². The Morgan fingerprint density at radius 1 is 0.907 bits per heavy atom. The number of halogens is 1. The molecule has 5 rings (SSSR count). The zero-order valence-electron chi connectivity index (χ0n) is 23.8. The molecule has 2 fully saturated rings. The van der Waals surface area contributed by atoms with E-state index >= 15 is 0 Å². The predicted molar refractivity (Wildman–Crippen MR) is 157 cm³/mol. The molecule has 0 radical (unpaired) electrons. The lowest BCUT2D eigenvalue weighted by atomic mass is 9.93. The fourth-order valence-electron chi connectivity index (χ4n) is 5.84. The van der Waals surface area contributed by atoms with Gasteiger partial charge in [-0.1, -0.05) is 49.6 Å². The Bertz CT molecular complexity index is 1500. The van der Waals surface area contributed by atoms with Crippen LogP contribution in [0.4, 0.5) is 4.39 Å². The molecule has 3 aromatic rings. The zero-order valence-corrected chi connectivity index (χ0v) is 23.8. The van der Waals surface area contributed by atoms with Gasteiger partial charge in [0.25, 0.3) is 11.8 Å². The maximum atomic E-state index is 13.7. The first-order chi connectivity index (χ1) is 20.8. The number of H-pyrrole nitrogens is 1. The van der Waals surface area contributed by atoms with Gasteiger partial charge in [-0.05, 0) is 55.5 Å². The number of Topliss-reactive ketones (excluding diaryl/α,β-unsaturated/α-hetero) is 1. The maximum absolute atomic E-state index is 13.7. The van der Waals surface area contributed by atoms with Crippen molar-refractivity contribution in [2.45, 2.75) is 69.5 Å². The lowest BCUT2D eigenvalue weighted by Crippen LogP contribution is -2.55. The predicted octanol–water partition coefficient (Wildman–Crippen LogP) is 2.68. The van der Waals surface area contributed by atoms with Crippen molar-refractivity contribution < 1.29 is 28.4 Å². The number of aromatic nitrogens is 1. The van der Waals surface area contributed by atoms with Crippen LogP contribution in [-0.2, 0) is 25.6 Å². The summed E-state index contributed by atoms with van der Waals surface area (Å²) in [5, 5.41) is 11.5. The Kier molecular flexibility index (Phi) is 9.48. The average Bonchev–Trinajstić information content (AvgIpc) is 3.62. The second kappa shape index (κ2) is 13.6. The van der Waals surface area contributed by atoms with Gasteiger partial charge in [-0.2, -0.15) is 0 Å². The van der Waals surface area contributed by atoms with Gasteiger partial charge in [-0.3, -0.25) is 24.0 Å². The fourth-order valence-corrected chi connectivity index (χ4v) is 5.84. The van der Waals surface area contributed by atoms with Gasteiger partial charge in [-0.15, -0.1) is 0 Å². The number of benzene rings is 2. The van der Waals surface area contributed by atoms with Crippen molar-refractivity contribution in [3.8, 4) is 0 Å². The van der Waals surface area contributed by atoms with Gasteiger partial charge in [0.05, 0.1) is 6.04 Å². The van der Waals surface area contributed by atoms with Gasteiger partial charge in [-0.25, -0.2) is 4.39 Å². The van der Waals surface area contributed by atoms with E-state index < -0.39 is 47.3 Å². The fraction of sp³-hybridized carbons (Fsp3) is 0.406. The van der Waals surface area contributed by atoms with Crippen molar-refractivity contribution in [1.29, 1.82) is 0 Å². The number of fused-ring (bicyclic) bond motifs is 1. The van der Waals surface area contributed by atoms with Crippen LogP contribution in [0, 0.1) is 11.7 Å². The van der Waals surface area contributed by atoms with Crippen LogP contribution in [0.25, 0.3) is 10.9 Å². The molecular weight excluding hydrogens is 553 g/mol. The summed E-state index contributed by atoms with van der Waals surface area (Å²) in [5.41, 5.74) is 1.45. The topological polar surface area (TPSA) is 149 Å². The Balaban J connectivity index is 1.35. The third kappa shape index (κ3) is 7.65. The van der Waals surface area contributed by atoms with Gasteiger partial charge in [0.1, 0.15) is 17.6 Å². The molecule has 226 valence electrons. The molecule has 1 aliphatic heterocycles. The lowest BCUT2D eigenvalue weighted by molar-refractivity contribution is -0.141. The van der Waals surface area contributed by atoms with Crippen molar-refractivity contribution in [2.75, 3.05) is 6.54 Å². The van der Waals surface area contributed by atoms with Crippen molar-refractivity contribution in [3.63, 3.8) is 0 Å². The molecule has 2 heterocycles. The minimum Gasteiger partial charge on any atom is -0.356 e. The normalized spacial score (nSPS) is 18.4. The average molecular weight is 590 g/mol. The molecule has 43 heavy (non-hydrogen) atoms. The Labute approximate surface area is 248 Å². The van der Waals surface area contributed by atoms with Gasteiger partial charge < -0.3 is 26.3 Å². The summed E-state index contributed by atoms with van der Waals surface area (Å²) in [6.07, 6.45) is 5.13. The van der Waals surface area contributed by atoms with Gasteiger partial charge in [0, 0.05) is 35.8 Å². The molecule has 4 amide bonds. The molecule has 2 aliphatic rings. The number of carbonyl (C=O) groups is 5. The van der Waals surface area contributed by atoms with Crippen molar-refractivity contribution in [2.24, 2.45) is 5.92 Å². The van der Waals surface area contributed by atoms with Crippen LogP contribution in [-0.4, -0.2) is 59.1 Å².